The summed E-state index contributed by atoms with van der Waals surface area (Å²) in [6.45, 7) is 4.34. The molecule has 1 aromatic heterocycles. The van der Waals surface area contributed by atoms with Gasteiger partial charge in [-0.3, -0.25) is 25.0 Å². The standard InChI is InChI=1S/C22H23N5O4S/c1-14(2)15-7-9-16(10-8-15)27-13-23-26-22(27)32-12-20(28)24-25-21(29)19-11-30-17-5-3-4-6-18(17)31-19/h3-10,13-14,19H,11-12H2,1-2H3,(H,24,28)(H,25,29). The highest BCUT2D eigenvalue weighted by Crippen LogP contribution is 2.30. The van der Waals surface area contributed by atoms with Crippen molar-refractivity contribution in [2.45, 2.75) is 31.0 Å². The van der Waals surface area contributed by atoms with E-state index < -0.39 is 12.0 Å². The molecule has 10 heteroatoms. The van der Waals surface area contributed by atoms with E-state index in [0.717, 1.165) is 5.69 Å². The van der Waals surface area contributed by atoms with Crippen LogP contribution in [0.15, 0.2) is 60.0 Å². The van der Waals surface area contributed by atoms with Crippen molar-refractivity contribution in [1.29, 1.82) is 0 Å². The Hall–Kier alpha value is -3.53. The summed E-state index contributed by atoms with van der Waals surface area (Å²) in [6.07, 6.45) is 0.750. The molecule has 1 unspecified atom stereocenters. The molecule has 0 fully saturated rings. The number of carbonyl (C=O) groups excluding carboxylic acids is 2. The van der Waals surface area contributed by atoms with Crippen LogP contribution in [-0.2, 0) is 9.59 Å². The smallest absolute Gasteiger partial charge is 0.283 e. The number of rotatable bonds is 6. The molecule has 0 aliphatic carbocycles. The molecule has 0 bridgehead atoms. The average molecular weight is 454 g/mol. The number of fused-ring (bicyclic) bond motifs is 1. The zero-order valence-electron chi connectivity index (χ0n) is 17.6. The number of thioether (sulfide) groups is 1. The highest BCUT2D eigenvalue weighted by Gasteiger charge is 2.27. The van der Waals surface area contributed by atoms with E-state index in [-0.39, 0.29) is 18.3 Å². The predicted molar refractivity (Wildman–Crippen MR) is 119 cm³/mol. The van der Waals surface area contributed by atoms with Crippen LogP contribution in [-0.4, -0.2) is 45.0 Å². The van der Waals surface area contributed by atoms with E-state index in [1.165, 1.54) is 17.3 Å². The molecular formula is C22H23N5O4S. The molecule has 1 aliphatic rings. The fraction of sp³-hybridized carbons (Fsp3) is 0.273. The van der Waals surface area contributed by atoms with Crippen molar-refractivity contribution in [2.24, 2.45) is 0 Å². The number of amides is 2. The zero-order chi connectivity index (χ0) is 22.5. The summed E-state index contributed by atoms with van der Waals surface area (Å²) in [7, 11) is 0. The minimum Gasteiger partial charge on any atom is -0.485 e. The van der Waals surface area contributed by atoms with Crippen molar-refractivity contribution >= 4 is 23.6 Å². The average Bonchev–Trinajstić information content (AvgIpc) is 3.29. The van der Waals surface area contributed by atoms with Crippen LogP contribution in [0.5, 0.6) is 11.5 Å². The summed E-state index contributed by atoms with van der Waals surface area (Å²) >= 11 is 1.22. The first-order valence-electron chi connectivity index (χ1n) is 10.1. The van der Waals surface area contributed by atoms with Gasteiger partial charge in [-0.05, 0) is 35.7 Å². The lowest BCUT2D eigenvalue weighted by molar-refractivity contribution is -0.134. The van der Waals surface area contributed by atoms with E-state index in [4.69, 9.17) is 9.47 Å². The number of carbonyl (C=O) groups is 2. The van der Waals surface area contributed by atoms with Gasteiger partial charge in [-0.1, -0.05) is 49.9 Å². The fourth-order valence-electron chi connectivity index (χ4n) is 3.05. The monoisotopic (exact) mass is 453 g/mol. The van der Waals surface area contributed by atoms with E-state index in [2.05, 4.69) is 47.0 Å². The molecule has 9 nitrogen and oxygen atoms in total. The maximum atomic E-state index is 12.3. The molecule has 0 spiro atoms. The van der Waals surface area contributed by atoms with Gasteiger partial charge in [0.05, 0.1) is 5.75 Å². The van der Waals surface area contributed by atoms with E-state index in [0.29, 0.717) is 22.6 Å². The molecule has 0 radical (unpaired) electrons. The minimum absolute atomic E-state index is 0.0495. The molecule has 32 heavy (non-hydrogen) atoms. The number of ether oxygens (including phenoxy) is 2. The van der Waals surface area contributed by atoms with Crippen molar-refractivity contribution in [2.75, 3.05) is 12.4 Å². The first kappa shape index (κ1) is 21.7. The Morgan fingerprint density at radius 3 is 2.62 bits per heavy atom. The van der Waals surface area contributed by atoms with E-state index in [9.17, 15) is 9.59 Å². The number of hydrogen-bond donors (Lipinski definition) is 2. The van der Waals surface area contributed by atoms with Crippen molar-refractivity contribution in [3.63, 3.8) is 0 Å². The Labute approximate surface area is 189 Å². The highest BCUT2D eigenvalue weighted by molar-refractivity contribution is 7.99. The number of para-hydroxylation sites is 2. The number of nitrogens with zero attached hydrogens (tertiary/aromatic N) is 3. The van der Waals surface area contributed by atoms with Crippen LogP contribution in [0.25, 0.3) is 5.69 Å². The summed E-state index contributed by atoms with van der Waals surface area (Å²) < 4.78 is 12.9. The summed E-state index contributed by atoms with van der Waals surface area (Å²) in [5.74, 6) is 0.685. The number of hydrazine groups is 1. The minimum atomic E-state index is -0.852. The molecule has 166 valence electrons. The number of aromatic nitrogens is 3. The van der Waals surface area contributed by atoms with Gasteiger partial charge in [0.25, 0.3) is 5.91 Å². The largest absolute Gasteiger partial charge is 0.485 e. The van der Waals surface area contributed by atoms with Crippen molar-refractivity contribution in [1.82, 2.24) is 25.6 Å². The lowest BCUT2D eigenvalue weighted by Gasteiger charge is -2.25. The Morgan fingerprint density at radius 2 is 1.88 bits per heavy atom. The van der Waals surface area contributed by atoms with Gasteiger partial charge in [0.1, 0.15) is 12.9 Å². The Morgan fingerprint density at radius 1 is 1.12 bits per heavy atom. The van der Waals surface area contributed by atoms with Crippen LogP contribution in [0, 0.1) is 0 Å². The maximum Gasteiger partial charge on any atom is 0.283 e. The van der Waals surface area contributed by atoms with Crippen molar-refractivity contribution < 1.29 is 19.1 Å². The Balaban J connectivity index is 1.27. The molecule has 4 rings (SSSR count). The maximum absolute atomic E-state index is 12.3. The predicted octanol–water partition coefficient (Wildman–Crippen LogP) is 2.47. The van der Waals surface area contributed by atoms with Crippen molar-refractivity contribution in [3.05, 3.63) is 60.4 Å². The second-order valence-electron chi connectivity index (χ2n) is 7.42. The van der Waals surface area contributed by atoms with E-state index in [1.807, 2.05) is 22.8 Å². The first-order chi connectivity index (χ1) is 15.5. The van der Waals surface area contributed by atoms with Gasteiger partial charge in [-0.25, -0.2) is 0 Å². The van der Waals surface area contributed by atoms with Gasteiger partial charge in [0, 0.05) is 5.69 Å². The zero-order valence-corrected chi connectivity index (χ0v) is 18.5. The molecular weight excluding hydrogens is 430 g/mol. The third kappa shape index (κ3) is 5.02. The van der Waals surface area contributed by atoms with Gasteiger partial charge in [0.15, 0.2) is 16.7 Å². The van der Waals surface area contributed by atoms with Crippen LogP contribution >= 0.6 is 11.8 Å². The molecule has 0 saturated carbocycles. The van der Waals surface area contributed by atoms with Gasteiger partial charge in [-0.2, -0.15) is 0 Å². The Bertz CT molecular complexity index is 1100. The number of benzene rings is 2. The summed E-state index contributed by atoms with van der Waals surface area (Å²) in [4.78, 5) is 24.5. The SMILES string of the molecule is CC(C)c1ccc(-n2cnnc2SCC(=O)NNC(=O)C2COc3ccccc3O2)cc1. The first-order valence-corrected chi connectivity index (χ1v) is 11.1. The summed E-state index contributed by atoms with van der Waals surface area (Å²) in [5, 5.41) is 8.61. The summed E-state index contributed by atoms with van der Waals surface area (Å²) in [6, 6.07) is 15.2. The normalized spacial score (nSPS) is 14.8. The van der Waals surface area contributed by atoms with Crippen LogP contribution in [0.4, 0.5) is 0 Å². The molecule has 0 saturated heterocycles. The van der Waals surface area contributed by atoms with Crippen LogP contribution in [0.3, 0.4) is 0 Å². The second kappa shape index (κ2) is 9.73. The molecule has 2 heterocycles. The molecule has 3 aromatic rings. The highest BCUT2D eigenvalue weighted by atomic mass is 32.2. The third-order valence-electron chi connectivity index (χ3n) is 4.81. The van der Waals surface area contributed by atoms with Crippen molar-refractivity contribution in [3.8, 4) is 17.2 Å². The number of nitrogens with one attached hydrogen (secondary N) is 2. The van der Waals surface area contributed by atoms with Crippen LogP contribution in [0.1, 0.15) is 25.3 Å². The topological polar surface area (TPSA) is 107 Å². The second-order valence-corrected chi connectivity index (χ2v) is 8.36. The van der Waals surface area contributed by atoms with E-state index >= 15 is 0 Å². The number of hydrogen-bond acceptors (Lipinski definition) is 7. The van der Waals surface area contributed by atoms with Gasteiger partial charge in [-0.15, -0.1) is 10.2 Å². The molecule has 2 amide bonds. The quantitative estimate of drug-likeness (QED) is 0.436. The lowest BCUT2D eigenvalue weighted by atomic mass is 10.0. The molecule has 2 aromatic carbocycles. The van der Waals surface area contributed by atoms with E-state index in [1.54, 1.807) is 24.5 Å². The molecule has 2 N–H and O–H groups in total. The lowest BCUT2D eigenvalue weighted by Crippen LogP contribution is -2.51. The fourth-order valence-corrected chi connectivity index (χ4v) is 3.78. The van der Waals surface area contributed by atoms with Crippen LogP contribution < -0.4 is 20.3 Å². The molecule has 1 aliphatic heterocycles. The van der Waals surface area contributed by atoms with Gasteiger partial charge >= 0.3 is 0 Å². The third-order valence-corrected chi connectivity index (χ3v) is 5.76. The van der Waals surface area contributed by atoms with Gasteiger partial charge in [0.2, 0.25) is 12.0 Å². The molecule has 1 atom stereocenters. The van der Waals surface area contributed by atoms with Crippen LogP contribution in [0.2, 0.25) is 0 Å². The van der Waals surface area contributed by atoms with Gasteiger partial charge < -0.3 is 9.47 Å². The summed E-state index contributed by atoms with van der Waals surface area (Å²) in [5.41, 5.74) is 6.92. The Kier molecular flexibility index (Phi) is 6.60.